The van der Waals surface area contributed by atoms with Crippen molar-refractivity contribution in [3.05, 3.63) is 57.8 Å². The monoisotopic (exact) mass is 373 g/mol. The predicted octanol–water partition coefficient (Wildman–Crippen LogP) is 3.69. The lowest BCUT2D eigenvalue weighted by atomic mass is 9.96. The molecule has 1 N–H and O–H groups in total. The third-order valence-electron chi connectivity index (χ3n) is 4.78. The molecular weight excluding hydrogens is 356 g/mol. The van der Waals surface area contributed by atoms with Crippen molar-refractivity contribution >= 4 is 27.8 Å². The average Bonchev–Trinajstić information content (AvgIpc) is 2.61. The number of halogens is 2. The molecule has 0 radical (unpaired) electrons. The second kappa shape index (κ2) is 7.08. The van der Waals surface area contributed by atoms with Gasteiger partial charge in [0, 0.05) is 16.3 Å². The van der Waals surface area contributed by atoms with Crippen molar-refractivity contribution in [2.24, 2.45) is 0 Å². The van der Waals surface area contributed by atoms with Crippen molar-refractivity contribution in [1.29, 1.82) is 0 Å². The molecule has 1 fully saturated rings. The number of nitrogens with one attached hydrogen (secondary N) is 1. The molecule has 0 aliphatic heterocycles. The lowest BCUT2D eigenvalue weighted by Gasteiger charge is -2.25. The van der Waals surface area contributed by atoms with Gasteiger partial charge in [-0.15, -0.1) is 0 Å². The standard InChI is InChI=1S/C20H17F2NO4/c21-11-4-5-17-14(8-11)19(24)15-9-12(22)10-16(18(15)23-17)20(25)27-7-6-26-13-2-1-3-13/h4-5,8-10,13H,1-3,6-7H2,(H,23,24). The Morgan fingerprint density at radius 2 is 1.85 bits per heavy atom. The third-order valence-corrected chi connectivity index (χ3v) is 4.78. The zero-order valence-electron chi connectivity index (χ0n) is 14.4. The SMILES string of the molecule is O=C(OCCOC1CCC1)c1cc(F)cc2c(=O)c3cc(F)ccc3[nH]c12. The molecule has 1 heterocycles. The first kappa shape index (κ1) is 17.6. The number of carbonyl (C=O) groups excluding carboxylic acids is 1. The first-order chi connectivity index (χ1) is 13.0. The van der Waals surface area contributed by atoms with Crippen molar-refractivity contribution in [2.45, 2.75) is 25.4 Å². The molecule has 4 rings (SSSR count). The topological polar surface area (TPSA) is 68.4 Å². The Labute approximate surface area is 152 Å². The van der Waals surface area contributed by atoms with Gasteiger partial charge in [-0.25, -0.2) is 13.6 Å². The second-order valence-electron chi connectivity index (χ2n) is 6.58. The maximum Gasteiger partial charge on any atom is 0.340 e. The van der Waals surface area contributed by atoms with Crippen LogP contribution in [0.5, 0.6) is 0 Å². The molecule has 140 valence electrons. The van der Waals surface area contributed by atoms with Gasteiger partial charge in [0.1, 0.15) is 18.2 Å². The van der Waals surface area contributed by atoms with Crippen LogP contribution < -0.4 is 5.43 Å². The highest BCUT2D eigenvalue weighted by Gasteiger charge is 2.19. The van der Waals surface area contributed by atoms with Crippen LogP contribution in [-0.4, -0.2) is 30.3 Å². The fourth-order valence-electron chi connectivity index (χ4n) is 3.14. The van der Waals surface area contributed by atoms with Gasteiger partial charge in [-0.3, -0.25) is 4.79 Å². The Balaban J connectivity index is 1.67. The number of benzene rings is 2. The number of carbonyl (C=O) groups is 1. The van der Waals surface area contributed by atoms with Crippen molar-refractivity contribution in [1.82, 2.24) is 4.98 Å². The number of hydrogen-bond acceptors (Lipinski definition) is 4. The summed E-state index contributed by atoms with van der Waals surface area (Å²) in [6.07, 6.45) is 3.39. The van der Waals surface area contributed by atoms with Gasteiger partial charge < -0.3 is 14.5 Å². The van der Waals surface area contributed by atoms with Crippen LogP contribution in [0.3, 0.4) is 0 Å². The highest BCUT2D eigenvalue weighted by Crippen LogP contribution is 2.23. The Morgan fingerprint density at radius 1 is 1.07 bits per heavy atom. The molecule has 1 aliphatic rings. The van der Waals surface area contributed by atoms with Crippen LogP contribution >= 0.6 is 0 Å². The molecule has 0 saturated heterocycles. The molecule has 5 nitrogen and oxygen atoms in total. The molecule has 7 heteroatoms. The van der Waals surface area contributed by atoms with Crippen LogP contribution in [0.4, 0.5) is 8.78 Å². The molecule has 0 amide bonds. The van der Waals surface area contributed by atoms with E-state index in [0.717, 1.165) is 37.5 Å². The van der Waals surface area contributed by atoms with Gasteiger partial charge >= 0.3 is 5.97 Å². The molecule has 0 unspecified atom stereocenters. The Kier molecular flexibility index (Phi) is 4.61. The van der Waals surface area contributed by atoms with Crippen LogP contribution in [0.25, 0.3) is 21.8 Å². The minimum Gasteiger partial charge on any atom is -0.460 e. The van der Waals surface area contributed by atoms with E-state index < -0.39 is 23.0 Å². The number of pyridine rings is 1. The summed E-state index contributed by atoms with van der Waals surface area (Å²) in [5.41, 5.74) is -0.134. The van der Waals surface area contributed by atoms with Crippen molar-refractivity contribution < 1.29 is 23.0 Å². The van der Waals surface area contributed by atoms with Crippen LogP contribution in [0, 0.1) is 11.6 Å². The molecule has 1 aromatic heterocycles. The number of hydrogen-bond donors (Lipinski definition) is 1. The number of fused-ring (bicyclic) bond motifs is 2. The zero-order valence-corrected chi connectivity index (χ0v) is 14.4. The van der Waals surface area contributed by atoms with E-state index in [1.807, 2.05) is 0 Å². The Morgan fingerprint density at radius 3 is 2.59 bits per heavy atom. The van der Waals surface area contributed by atoms with Gasteiger partial charge in [-0.1, -0.05) is 0 Å². The molecule has 1 aliphatic carbocycles. The molecule has 0 spiro atoms. The Hall–Kier alpha value is -2.80. The van der Waals surface area contributed by atoms with E-state index in [2.05, 4.69) is 4.98 Å². The van der Waals surface area contributed by atoms with Gasteiger partial charge in [0.2, 0.25) is 0 Å². The Bertz CT molecular complexity index is 1090. The third kappa shape index (κ3) is 3.42. The molecule has 0 bridgehead atoms. The first-order valence-electron chi connectivity index (χ1n) is 8.76. The molecular formula is C20H17F2NO4. The van der Waals surface area contributed by atoms with E-state index in [1.165, 1.54) is 12.1 Å². The minimum absolute atomic E-state index is 0.0363. The van der Waals surface area contributed by atoms with Gasteiger partial charge in [0.05, 0.1) is 23.8 Å². The van der Waals surface area contributed by atoms with Crippen molar-refractivity contribution in [2.75, 3.05) is 13.2 Å². The maximum atomic E-state index is 14.0. The molecule has 27 heavy (non-hydrogen) atoms. The summed E-state index contributed by atoms with van der Waals surface area (Å²) in [5, 5.41) is 0.0482. The largest absolute Gasteiger partial charge is 0.460 e. The number of aromatic amines is 1. The quantitative estimate of drug-likeness (QED) is 0.421. The summed E-state index contributed by atoms with van der Waals surface area (Å²) in [5.74, 6) is -2.08. The van der Waals surface area contributed by atoms with Crippen molar-refractivity contribution in [3.8, 4) is 0 Å². The molecule has 2 aromatic carbocycles. The maximum absolute atomic E-state index is 14.0. The highest BCUT2D eigenvalue weighted by atomic mass is 19.1. The smallest absolute Gasteiger partial charge is 0.340 e. The van der Waals surface area contributed by atoms with Crippen LogP contribution in [0.1, 0.15) is 29.6 Å². The lowest BCUT2D eigenvalue weighted by Crippen LogP contribution is -2.24. The number of aromatic nitrogens is 1. The normalized spacial score (nSPS) is 14.4. The lowest BCUT2D eigenvalue weighted by molar-refractivity contribution is -0.0224. The molecule has 1 saturated carbocycles. The van der Waals surface area contributed by atoms with E-state index in [-0.39, 0.29) is 41.2 Å². The zero-order chi connectivity index (χ0) is 19.0. The highest BCUT2D eigenvalue weighted by molar-refractivity contribution is 6.05. The van der Waals surface area contributed by atoms with E-state index in [9.17, 15) is 18.4 Å². The van der Waals surface area contributed by atoms with Gasteiger partial charge in [0.25, 0.3) is 0 Å². The van der Waals surface area contributed by atoms with Crippen molar-refractivity contribution in [3.63, 3.8) is 0 Å². The summed E-state index contributed by atoms with van der Waals surface area (Å²) in [7, 11) is 0. The first-order valence-corrected chi connectivity index (χ1v) is 8.76. The minimum atomic E-state index is -0.756. The predicted molar refractivity (Wildman–Crippen MR) is 95.9 cm³/mol. The van der Waals surface area contributed by atoms with E-state index in [4.69, 9.17) is 9.47 Å². The van der Waals surface area contributed by atoms with Gasteiger partial charge in [-0.2, -0.15) is 0 Å². The van der Waals surface area contributed by atoms with E-state index in [1.54, 1.807) is 0 Å². The summed E-state index contributed by atoms with van der Waals surface area (Å²) < 4.78 is 38.1. The number of rotatable bonds is 5. The van der Waals surface area contributed by atoms with Gasteiger partial charge in [-0.05, 0) is 49.6 Å². The summed E-state index contributed by atoms with van der Waals surface area (Å²) in [6.45, 7) is 0.304. The molecule has 0 atom stereocenters. The number of esters is 1. The van der Waals surface area contributed by atoms with Crippen LogP contribution in [0.2, 0.25) is 0 Å². The number of ether oxygens (including phenoxy) is 2. The fraction of sp³-hybridized carbons (Fsp3) is 0.300. The van der Waals surface area contributed by atoms with Crippen LogP contribution in [-0.2, 0) is 9.47 Å². The molecule has 3 aromatic rings. The second-order valence-corrected chi connectivity index (χ2v) is 6.58. The average molecular weight is 373 g/mol. The number of H-pyrrole nitrogens is 1. The van der Waals surface area contributed by atoms with Crippen LogP contribution in [0.15, 0.2) is 35.1 Å². The summed E-state index contributed by atoms with van der Waals surface area (Å²) >= 11 is 0. The van der Waals surface area contributed by atoms with E-state index >= 15 is 0 Å². The summed E-state index contributed by atoms with van der Waals surface area (Å²) in [4.78, 5) is 27.9. The summed E-state index contributed by atoms with van der Waals surface area (Å²) in [6, 6.07) is 5.71. The van der Waals surface area contributed by atoms with E-state index in [0.29, 0.717) is 5.52 Å². The van der Waals surface area contributed by atoms with Gasteiger partial charge in [0.15, 0.2) is 5.43 Å². The fourth-order valence-corrected chi connectivity index (χ4v) is 3.14.